The maximum absolute atomic E-state index is 11.3. The monoisotopic (exact) mass is 255 g/mol. The molecule has 0 atom stereocenters. The lowest BCUT2D eigenvalue weighted by Gasteiger charge is -2.11. The van der Waals surface area contributed by atoms with Crippen LogP contribution in [0, 0.1) is 13.8 Å². The summed E-state index contributed by atoms with van der Waals surface area (Å²) in [7, 11) is 0. The Kier molecular flexibility index (Phi) is 3.85. The fourth-order valence-electron chi connectivity index (χ4n) is 2.00. The first-order chi connectivity index (χ1) is 9.08. The van der Waals surface area contributed by atoms with Crippen LogP contribution in [0.5, 0.6) is 5.75 Å². The lowest BCUT2D eigenvalue weighted by atomic mass is 10.1. The van der Waals surface area contributed by atoms with E-state index in [0.717, 1.165) is 16.9 Å². The van der Waals surface area contributed by atoms with Gasteiger partial charge in [-0.05, 0) is 31.5 Å². The summed E-state index contributed by atoms with van der Waals surface area (Å²) in [6.07, 6.45) is 0. The third-order valence-corrected chi connectivity index (χ3v) is 3.00. The van der Waals surface area contributed by atoms with Crippen LogP contribution in [0.3, 0.4) is 0 Å². The minimum absolute atomic E-state index is 0.336. The van der Waals surface area contributed by atoms with Gasteiger partial charge in [0.1, 0.15) is 12.4 Å². The quantitative estimate of drug-likeness (QED) is 0.913. The Labute approximate surface area is 113 Å². The Bertz CT molecular complexity index is 605. The van der Waals surface area contributed by atoms with Crippen molar-refractivity contribution in [2.45, 2.75) is 20.5 Å². The zero-order valence-corrected chi connectivity index (χ0v) is 11.1. The molecule has 2 aromatic rings. The minimum atomic E-state index is -0.431. The van der Waals surface area contributed by atoms with Gasteiger partial charge in [-0.15, -0.1) is 0 Å². The lowest BCUT2D eigenvalue weighted by molar-refractivity contribution is 0.0998. The number of rotatable bonds is 4. The number of amides is 1. The highest BCUT2D eigenvalue weighted by Crippen LogP contribution is 2.20. The number of nitrogens with two attached hydrogens (primary N) is 1. The van der Waals surface area contributed by atoms with E-state index in [9.17, 15) is 4.79 Å². The molecule has 0 saturated heterocycles. The summed E-state index contributed by atoms with van der Waals surface area (Å²) in [6.45, 7) is 4.38. The minimum Gasteiger partial charge on any atom is -0.489 e. The van der Waals surface area contributed by atoms with Gasteiger partial charge in [0.05, 0.1) is 0 Å². The zero-order chi connectivity index (χ0) is 13.8. The van der Waals surface area contributed by atoms with Crippen LogP contribution in [0.4, 0.5) is 0 Å². The Balaban J connectivity index is 2.17. The zero-order valence-electron chi connectivity index (χ0n) is 11.1. The van der Waals surface area contributed by atoms with Gasteiger partial charge < -0.3 is 10.5 Å². The predicted molar refractivity (Wildman–Crippen MR) is 75.2 cm³/mol. The average molecular weight is 255 g/mol. The molecule has 0 heterocycles. The molecule has 0 bridgehead atoms. The van der Waals surface area contributed by atoms with E-state index >= 15 is 0 Å². The van der Waals surface area contributed by atoms with Gasteiger partial charge in [0.2, 0.25) is 5.91 Å². The molecular weight excluding hydrogens is 238 g/mol. The highest BCUT2D eigenvalue weighted by molar-refractivity contribution is 5.94. The van der Waals surface area contributed by atoms with Crippen LogP contribution in [-0.4, -0.2) is 5.91 Å². The molecule has 0 saturated carbocycles. The van der Waals surface area contributed by atoms with Crippen LogP contribution in [0.15, 0.2) is 42.5 Å². The molecule has 0 radical (unpaired) electrons. The fourth-order valence-corrected chi connectivity index (χ4v) is 2.00. The predicted octanol–water partition coefficient (Wildman–Crippen LogP) is 2.98. The molecule has 2 rings (SSSR count). The summed E-state index contributed by atoms with van der Waals surface area (Å²) in [4.78, 5) is 11.3. The molecule has 2 aromatic carbocycles. The molecule has 0 aliphatic heterocycles. The average Bonchev–Trinajstić information content (AvgIpc) is 2.38. The van der Waals surface area contributed by atoms with Crippen molar-refractivity contribution in [1.29, 1.82) is 0 Å². The summed E-state index contributed by atoms with van der Waals surface area (Å²) in [6, 6.07) is 13.2. The summed E-state index contributed by atoms with van der Waals surface area (Å²) in [5.74, 6) is 0.393. The van der Waals surface area contributed by atoms with E-state index in [1.165, 1.54) is 5.56 Å². The standard InChI is InChI=1S/C16H17NO2/c1-11-7-8-15(12(2)9-11)19-10-13-5-3-4-6-14(13)16(17)18/h3-9H,10H2,1-2H3,(H2,17,18). The number of carbonyl (C=O) groups is 1. The van der Waals surface area contributed by atoms with E-state index in [1.807, 2.05) is 38.1 Å². The van der Waals surface area contributed by atoms with E-state index < -0.39 is 5.91 Å². The fraction of sp³-hybridized carbons (Fsp3) is 0.188. The Morgan fingerprint density at radius 3 is 2.58 bits per heavy atom. The summed E-state index contributed by atoms with van der Waals surface area (Å²) >= 11 is 0. The number of aryl methyl sites for hydroxylation is 2. The highest BCUT2D eigenvalue weighted by atomic mass is 16.5. The first-order valence-electron chi connectivity index (χ1n) is 6.15. The smallest absolute Gasteiger partial charge is 0.249 e. The third kappa shape index (κ3) is 3.13. The highest BCUT2D eigenvalue weighted by Gasteiger charge is 2.08. The van der Waals surface area contributed by atoms with E-state index in [1.54, 1.807) is 12.1 Å². The Morgan fingerprint density at radius 1 is 1.16 bits per heavy atom. The SMILES string of the molecule is Cc1ccc(OCc2ccccc2C(N)=O)c(C)c1. The van der Waals surface area contributed by atoms with E-state index in [-0.39, 0.29) is 0 Å². The molecule has 0 fully saturated rings. The molecule has 3 nitrogen and oxygen atoms in total. The number of ether oxygens (including phenoxy) is 1. The van der Waals surface area contributed by atoms with Crippen molar-refractivity contribution in [1.82, 2.24) is 0 Å². The van der Waals surface area contributed by atoms with Crippen LogP contribution in [0.25, 0.3) is 0 Å². The van der Waals surface area contributed by atoms with E-state index in [4.69, 9.17) is 10.5 Å². The van der Waals surface area contributed by atoms with Crippen LogP contribution in [0.1, 0.15) is 27.0 Å². The van der Waals surface area contributed by atoms with Gasteiger partial charge in [-0.3, -0.25) is 4.79 Å². The molecule has 0 unspecified atom stereocenters. The second-order valence-electron chi connectivity index (χ2n) is 4.58. The van der Waals surface area contributed by atoms with Crippen LogP contribution in [0.2, 0.25) is 0 Å². The molecule has 3 heteroatoms. The first kappa shape index (κ1) is 13.1. The molecule has 0 spiro atoms. The molecule has 1 amide bonds. The van der Waals surface area contributed by atoms with Gasteiger partial charge in [0.25, 0.3) is 0 Å². The topological polar surface area (TPSA) is 52.3 Å². The van der Waals surface area contributed by atoms with Crippen molar-refractivity contribution < 1.29 is 9.53 Å². The maximum atomic E-state index is 11.3. The van der Waals surface area contributed by atoms with Crippen molar-refractivity contribution in [2.24, 2.45) is 5.73 Å². The first-order valence-corrected chi connectivity index (χ1v) is 6.15. The maximum Gasteiger partial charge on any atom is 0.249 e. The van der Waals surface area contributed by atoms with Crippen LogP contribution >= 0.6 is 0 Å². The number of primary amides is 1. The molecule has 19 heavy (non-hydrogen) atoms. The molecular formula is C16H17NO2. The number of benzene rings is 2. The van der Waals surface area contributed by atoms with Gasteiger partial charge >= 0.3 is 0 Å². The van der Waals surface area contributed by atoms with E-state index in [2.05, 4.69) is 6.07 Å². The van der Waals surface area contributed by atoms with Gasteiger partial charge in [-0.2, -0.15) is 0 Å². The molecule has 0 aliphatic carbocycles. The summed E-state index contributed by atoms with van der Waals surface area (Å²) in [5.41, 5.74) is 8.92. The van der Waals surface area contributed by atoms with Gasteiger partial charge in [-0.25, -0.2) is 0 Å². The molecule has 0 aliphatic rings. The molecule has 2 N–H and O–H groups in total. The molecule has 98 valence electrons. The largest absolute Gasteiger partial charge is 0.489 e. The van der Waals surface area contributed by atoms with Crippen molar-refractivity contribution in [2.75, 3.05) is 0 Å². The molecule has 0 aromatic heterocycles. The van der Waals surface area contributed by atoms with Crippen molar-refractivity contribution in [3.8, 4) is 5.75 Å². The third-order valence-electron chi connectivity index (χ3n) is 3.00. The van der Waals surface area contributed by atoms with E-state index in [0.29, 0.717) is 12.2 Å². The number of hydrogen-bond donors (Lipinski definition) is 1. The normalized spacial score (nSPS) is 10.2. The van der Waals surface area contributed by atoms with Gasteiger partial charge in [0.15, 0.2) is 0 Å². The van der Waals surface area contributed by atoms with Crippen molar-refractivity contribution in [3.05, 3.63) is 64.7 Å². The Morgan fingerprint density at radius 2 is 1.89 bits per heavy atom. The van der Waals surface area contributed by atoms with Gasteiger partial charge in [0, 0.05) is 11.1 Å². The second-order valence-corrected chi connectivity index (χ2v) is 4.58. The summed E-state index contributed by atoms with van der Waals surface area (Å²) in [5, 5.41) is 0. The second kappa shape index (κ2) is 5.57. The number of hydrogen-bond acceptors (Lipinski definition) is 2. The lowest BCUT2D eigenvalue weighted by Crippen LogP contribution is -2.14. The van der Waals surface area contributed by atoms with Gasteiger partial charge in [-0.1, -0.05) is 35.9 Å². The number of carbonyl (C=O) groups excluding carboxylic acids is 1. The van der Waals surface area contributed by atoms with Crippen LogP contribution < -0.4 is 10.5 Å². The van der Waals surface area contributed by atoms with Crippen molar-refractivity contribution >= 4 is 5.91 Å². The van der Waals surface area contributed by atoms with Crippen molar-refractivity contribution in [3.63, 3.8) is 0 Å². The van der Waals surface area contributed by atoms with Crippen LogP contribution in [-0.2, 0) is 6.61 Å². The summed E-state index contributed by atoms with van der Waals surface area (Å²) < 4.78 is 5.76. The Hall–Kier alpha value is -2.29.